The van der Waals surface area contributed by atoms with E-state index in [0.29, 0.717) is 11.5 Å². The number of rotatable bonds is 6. The molecule has 0 aliphatic heterocycles. The van der Waals surface area contributed by atoms with Gasteiger partial charge in [-0.25, -0.2) is 0 Å². The molecular formula is C17H19NO4. The number of benzene rings is 2. The van der Waals surface area contributed by atoms with Crippen LogP contribution in [0, 0.1) is 0 Å². The Labute approximate surface area is 129 Å². The Bertz CT molecular complexity index is 647. The molecule has 0 aliphatic carbocycles. The molecule has 22 heavy (non-hydrogen) atoms. The zero-order valence-electron chi connectivity index (χ0n) is 12.6. The van der Waals surface area contributed by atoms with Crippen molar-refractivity contribution in [1.29, 1.82) is 0 Å². The highest BCUT2D eigenvalue weighted by Gasteiger charge is 2.15. The summed E-state index contributed by atoms with van der Waals surface area (Å²) >= 11 is 0. The molecule has 0 fully saturated rings. The van der Waals surface area contributed by atoms with E-state index in [1.54, 1.807) is 14.2 Å². The van der Waals surface area contributed by atoms with Crippen molar-refractivity contribution in [3.63, 3.8) is 0 Å². The van der Waals surface area contributed by atoms with Crippen molar-refractivity contribution in [2.45, 2.75) is 12.5 Å². The Balaban J connectivity index is 2.48. The molecule has 2 aromatic rings. The summed E-state index contributed by atoms with van der Waals surface area (Å²) in [5.41, 5.74) is 8.38. The maximum atomic E-state index is 10.8. The van der Waals surface area contributed by atoms with Crippen LogP contribution in [-0.4, -0.2) is 25.3 Å². The summed E-state index contributed by atoms with van der Waals surface area (Å²) in [6.07, 6.45) is -0.119. The minimum Gasteiger partial charge on any atom is -0.496 e. The summed E-state index contributed by atoms with van der Waals surface area (Å²) in [5.74, 6) is 0.444. The molecule has 0 radical (unpaired) electrons. The van der Waals surface area contributed by atoms with Gasteiger partial charge in [0.05, 0.1) is 26.2 Å². The first kappa shape index (κ1) is 15.9. The molecule has 0 saturated heterocycles. The van der Waals surface area contributed by atoms with E-state index in [-0.39, 0.29) is 6.42 Å². The van der Waals surface area contributed by atoms with Crippen LogP contribution in [0.2, 0.25) is 0 Å². The number of hydrogen-bond donors (Lipinski definition) is 2. The molecule has 2 aromatic carbocycles. The van der Waals surface area contributed by atoms with Crippen molar-refractivity contribution in [1.82, 2.24) is 0 Å². The van der Waals surface area contributed by atoms with Crippen molar-refractivity contribution in [2.24, 2.45) is 5.73 Å². The Morgan fingerprint density at radius 1 is 1.14 bits per heavy atom. The van der Waals surface area contributed by atoms with Crippen LogP contribution in [0.4, 0.5) is 0 Å². The van der Waals surface area contributed by atoms with Crippen molar-refractivity contribution in [3.8, 4) is 22.6 Å². The highest BCUT2D eigenvalue weighted by Crippen LogP contribution is 2.38. The van der Waals surface area contributed by atoms with Crippen LogP contribution in [-0.2, 0) is 4.79 Å². The lowest BCUT2D eigenvalue weighted by Gasteiger charge is -2.15. The maximum absolute atomic E-state index is 10.8. The lowest BCUT2D eigenvalue weighted by molar-refractivity contribution is -0.137. The van der Waals surface area contributed by atoms with E-state index in [4.69, 9.17) is 20.3 Å². The van der Waals surface area contributed by atoms with E-state index in [9.17, 15) is 4.79 Å². The van der Waals surface area contributed by atoms with Gasteiger partial charge in [-0.2, -0.15) is 0 Å². The van der Waals surface area contributed by atoms with E-state index in [1.165, 1.54) is 0 Å². The van der Waals surface area contributed by atoms with Crippen LogP contribution in [0.15, 0.2) is 42.5 Å². The van der Waals surface area contributed by atoms with E-state index >= 15 is 0 Å². The van der Waals surface area contributed by atoms with Crippen LogP contribution in [0.3, 0.4) is 0 Å². The second kappa shape index (κ2) is 6.95. The highest BCUT2D eigenvalue weighted by atomic mass is 16.5. The predicted molar refractivity (Wildman–Crippen MR) is 84.2 cm³/mol. The largest absolute Gasteiger partial charge is 0.496 e. The molecule has 5 heteroatoms. The van der Waals surface area contributed by atoms with Gasteiger partial charge in [0.2, 0.25) is 0 Å². The van der Waals surface area contributed by atoms with Crippen LogP contribution >= 0.6 is 0 Å². The number of hydrogen-bond acceptors (Lipinski definition) is 4. The molecule has 1 atom stereocenters. The van der Waals surface area contributed by atoms with Gasteiger partial charge in [0, 0.05) is 6.04 Å². The molecule has 0 aliphatic rings. The summed E-state index contributed by atoms with van der Waals surface area (Å²) in [6.45, 7) is 0. The van der Waals surface area contributed by atoms with Gasteiger partial charge in [0.1, 0.15) is 11.5 Å². The number of aliphatic carboxylic acids is 1. The molecule has 2 rings (SSSR count). The fraction of sp³-hybridized carbons (Fsp3) is 0.235. The minimum absolute atomic E-state index is 0.119. The molecule has 0 amide bonds. The number of nitrogens with two attached hydrogens (primary N) is 1. The average molecular weight is 301 g/mol. The van der Waals surface area contributed by atoms with Gasteiger partial charge in [-0.1, -0.05) is 24.3 Å². The Hall–Kier alpha value is -2.53. The lowest BCUT2D eigenvalue weighted by Crippen LogP contribution is -2.14. The van der Waals surface area contributed by atoms with Gasteiger partial charge in [-0.3, -0.25) is 4.79 Å². The molecule has 0 aromatic heterocycles. The fourth-order valence-electron chi connectivity index (χ4n) is 2.37. The molecule has 3 N–H and O–H groups in total. The quantitative estimate of drug-likeness (QED) is 0.857. The first-order chi connectivity index (χ1) is 10.6. The third-order valence-corrected chi connectivity index (χ3v) is 3.43. The number of carboxylic acid groups (broad SMARTS) is 1. The Kier molecular flexibility index (Phi) is 5.01. The molecular weight excluding hydrogens is 282 g/mol. The zero-order chi connectivity index (χ0) is 16.1. The minimum atomic E-state index is -0.923. The third kappa shape index (κ3) is 3.38. The smallest absolute Gasteiger partial charge is 0.305 e. The summed E-state index contributed by atoms with van der Waals surface area (Å²) < 4.78 is 10.8. The molecule has 116 valence electrons. The van der Waals surface area contributed by atoms with E-state index in [1.807, 2.05) is 42.5 Å². The number of methoxy groups -OCH3 is 2. The van der Waals surface area contributed by atoms with E-state index < -0.39 is 12.0 Å². The topological polar surface area (TPSA) is 81.8 Å². The first-order valence-electron chi connectivity index (χ1n) is 6.85. The van der Waals surface area contributed by atoms with E-state index in [2.05, 4.69) is 0 Å². The average Bonchev–Trinajstić information content (AvgIpc) is 2.53. The summed E-state index contributed by atoms with van der Waals surface area (Å²) in [6, 6.07) is 12.4. The normalized spacial score (nSPS) is 11.8. The second-order valence-corrected chi connectivity index (χ2v) is 4.87. The highest BCUT2D eigenvalue weighted by molar-refractivity contribution is 5.77. The molecule has 0 heterocycles. The van der Waals surface area contributed by atoms with Crippen LogP contribution in [0.25, 0.3) is 11.1 Å². The van der Waals surface area contributed by atoms with Crippen LogP contribution in [0.5, 0.6) is 11.5 Å². The van der Waals surface area contributed by atoms with Crippen molar-refractivity contribution in [3.05, 3.63) is 48.0 Å². The van der Waals surface area contributed by atoms with Crippen LogP contribution in [0.1, 0.15) is 18.0 Å². The predicted octanol–water partition coefficient (Wildman–Crippen LogP) is 2.85. The monoisotopic (exact) mass is 301 g/mol. The second-order valence-electron chi connectivity index (χ2n) is 4.87. The molecule has 0 unspecified atom stereocenters. The van der Waals surface area contributed by atoms with Gasteiger partial charge < -0.3 is 20.3 Å². The summed E-state index contributed by atoms with van der Waals surface area (Å²) in [5, 5.41) is 8.88. The van der Waals surface area contributed by atoms with Gasteiger partial charge in [-0.15, -0.1) is 0 Å². The summed E-state index contributed by atoms with van der Waals surface area (Å²) in [4.78, 5) is 10.8. The molecule has 0 bridgehead atoms. The van der Waals surface area contributed by atoms with Gasteiger partial charge in [-0.05, 0) is 29.3 Å². The Morgan fingerprint density at radius 2 is 1.73 bits per heavy atom. The maximum Gasteiger partial charge on any atom is 0.305 e. The first-order valence-corrected chi connectivity index (χ1v) is 6.85. The summed E-state index contributed by atoms with van der Waals surface area (Å²) in [7, 11) is 3.19. The van der Waals surface area contributed by atoms with Crippen molar-refractivity contribution in [2.75, 3.05) is 14.2 Å². The van der Waals surface area contributed by atoms with Crippen molar-refractivity contribution < 1.29 is 19.4 Å². The SMILES string of the molecule is COc1cccc(OC)c1-c1cccc([C@@H](N)CC(=O)O)c1. The molecule has 5 nitrogen and oxygen atoms in total. The number of carbonyl (C=O) groups is 1. The fourth-order valence-corrected chi connectivity index (χ4v) is 2.37. The standard InChI is InChI=1S/C17H19NO4/c1-21-14-7-4-8-15(22-2)17(14)12-6-3-5-11(9-12)13(18)10-16(19)20/h3-9,13H,10,18H2,1-2H3,(H,19,20)/t13-/m0/s1. The zero-order valence-corrected chi connectivity index (χ0v) is 12.6. The lowest BCUT2D eigenvalue weighted by atomic mass is 9.97. The van der Waals surface area contributed by atoms with Crippen molar-refractivity contribution >= 4 is 5.97 Å². The molecule has 0 saturated carbocycles. The van der Waals surface area contributed by atoms with E-state index in [0.717, 1.165) is 16.7 Å². The van der Waals surface area contributed by atoms with Gasteiger partial charge >= 0.3 is 5.97 Å². The number of ether oxygens (including phenoxy) is 2. The Morgan fingerprint density at radius 3 is 2.27 bits per heavy atom. The van der Waals surface area contributed by atoms with Gasteiger partial charge in [0.25, 0.3) is 0 Å². The number of carboxylic acids is 1. The molecule has 0 spiro atoms. The van der Waals surface area contributed by atoms with Gasteiger partial charge in [0.15, 0.2) is 0 Å². The third-order valence-electron chi connectivity index (χ3n) is 3.43. The van der Waals surface area contributed by atoms with Crippen LogP contribution < -0.4 is 15.2 Å².